The predicted molar refractivity (Wildman–Crippen MR) is 67.3 cm³/mol. The van der Waals surface area contributed by atoms with E-state index in [9.17, 15) is 9.90 Å². The fourth-order valence-corrected chi connectivity index (χ4v) is 4.92. The first-order valence-electron chi connectivity index (χ1n) is 7.13. The number of epoxide rings is 1. The average Bonchev–Trinajstić information content (AvgIpc) is 2.70. The summed E-state index contributed by atoms with van der Waals surface area (Å²) < 4.78 is 11.7. The number of carbonyl (C=O) groups excluding carboxylic acids is 1. The summed E-state index contributed by atoms with van der Waals surface area (Å²) in [5.41, 5.74) is -0.695. The minimum atomic E-state index is -0.823. The van der Waals surface area contributed by atoms with Crippen LogP contribution < -0.4 is 0 Å². The third-order valence-electron chi connectivity index (χ3n) is 6.05. The molecule has 0 aromatic heterocycles. The highest BCUT2D eigenvalue weighted by molar-refractivity contribution is 5.91. The first kappa shape index (κ1) is 11.9. The number of esters is 1. The molecule has 4 rings (SSSR count). The molecule has 0 radical (unpaired) electrons. The molecule has 2 saturated carbocycles. The third-order valence-corrected chi connectivity index (χ3v) is 6.05. The molecule has 0 aromatic rings. The zero-order chi connectivity index (χ0) is 13.6. The van der Waals surface area contributed by atoms with Gasteiger partial charge in [0.05, 0.1) is 17.1 Å². The van der Waals surface area contributed by atoms with Crippen molar-refractivity contribution in [1.82, 2.24) is 0 Å². The van der Waals surface area contributed by atoms with Crippen molar-refractivity contribution in [3.8, 4) is 0 Å². The molecule has 2 unspecified atom stereocenters. The Labute approximate surface area is 112 Å². The van der Waals surface area contributed by atoms with Crippen molar-refractivity contribution in [2.24, 2.45) is 11.8 Å². The number of hydrogen-bond donors (Lipinski definition) is 1. The number of carbonyl (C=O) groups is 1. The van der Waals surface area contributed by atoms with Gasteiger partial charge in [-0.15, -0.1) is 0 Å². The quantitative estimate of drug-likeness (QED) is 0.410. The van der Waals surface area contributed by atoms with Crippen LogP contribution in [0.3, 0.4) is 0 Å². The number of hydrogen-bond acceptors (Lipinski definition) is 4. The minimum absolute atomic E-state index is 0.0483. The lowest BCUT2D eigenvalue weighted by molar-refractivity contribution is -0.147. The molecule has 4 nitrogen and oxygen atoms in total. The second-order valence-electron chi connectivity index (χ2n) is 7.10. The molecular weight excluding hydrogens is 244 g/mol. The second-order valence-corrected chi connectivity index (χ2v) is 7.10. The van der Waals surface area contributed by atoms with Crippen LogP contribution in [0.2, 0.25) is 0 Å². The van der Waals surface area contributed by atoms with E-state index in [0.29, 0.717) is 12.0 Å². The van der Waals surface area contributed by atoms with Gasteiger partial charge in [-0.3, -0.25) is 0 Å². The summed E-state index contributed by atoms with van der Waals surface area (Å²) >= 11 is 0. The largest absolute Gasteiger partial charge is 0.458 e. The molecule has 4 fully saturated rings. The molecule has 2 saturated heterocycles. The van der Waals surface area contributed by atoms with E-state index in [4.69, 9.17) is 9.47 Å². The first-order valence-corrected chi connectivity index (χ1v) is 7.13. The smallest absolute Gasteiger partial charge is 0.334 e. The maximum atomic E-state index is 11.8. The number of rotatable bonds is 0. The molecule has 0 aromatic carbocycles. The standard InChI is InChI=1S/C15H20O4/c1-8-9-4-5-14(3)15(19-14)7-6-13(2,17)11(15)10(9)18-12(8)16/h9-11,17H,1,4-7H2,2-3H3/t9-,10-,11?,13?,14-,15+/m0/s1. The second kappa shape index (κ2) is 3.07. The maximum Gasteiger partial charge on any atom is 0.334 e. The highest BCUT2D eigenvalue weighted by Gasteiger charge is 2.79. The molecule has 1 N–H and O–H groups in total. The van der Waals surface area contributed by atoms with E-state index in [1.165, 1.54) is 0 Å². The topological polar surface area (TPSA) is 59.1 Å². The van der Waals surface area contributed by atoms with Crippen molar-refractivity contribution in [3.05, 3.63) is 12.2 Å². The lowest BCUT2D eigenvalue weighted by atomic mass is 9.76. The van der Waals surface area contributed by atoms with E-state index in [1.54, 1.807) is 0 Å². The van der Waals surface area contributed by atoms with Gasteiger partial charge >= 0.3 is 5.97 Å². The van der Waals surface area contributed by atoms with Crippen LogP contribution in [0.15, 0.2) is 12.2 Å². The fourth-order valence-electron chi connectivity index (χ4n) is 4.92. The Kier molecular flexibility index (Phi) is 1.92. The zero-order valence-corrected chi connectivity index (χ0v) is 11.4. The van der Waals surface area contributed by atoms with Crippen LogP contribution in [0.4, 0.5) is 0 Å². The van der Waals surface area contributed by atoms with Crippen molar-refractivity contribution in [1.29, 1.82) is 0 Å². The van der Waals surface area contributed by atoms with Gasteiger partial charge in [0.15, 0.2) is 0 Å². The van der Waals surface area contributed by atoms with E-state index < -0.39 is 5.60 Å². The Bertz CT molecular complexity index is 496. The monoisotopic (exact) mass is 264 g/mol. The van der Waals surface area contributed by atoms with E-state index in [-0.39, 0.29) is 35.1 Å². The van der Waals surface area contributed by atoms with Gasteiger partial charge in [-0.2, -0.15) is 0 Å². The van der Waals surface area contributed by atoms with Crippen molar-refractivity contribution in [2.75, 3.05) is 0 Å². The van der Waals surface area contributed by atoms with Crippen molar-refractivity contribution in [2.45, 2.75) is 62.4 Å². The average molecular weight is 264 g/mol. The molecule has 2 aliphatic heterocycles. The van der Waals surface area contributed by atoms with E-state index in [2.05, 4.69) is 13.5 Å². The van der Waals surface area contributed by atoms with Gasteiger partial charge in [0.25, 0.3) is 0 Å². The fraction of sp³-hybridized carbons (Fsp3) is 0.800. The van der Waals surface area contributed by atoms with Crippen LogP contribution in [0, 0.1) is 11.8 Å². The number of fused-ring (bicyclic) bond motifs is 2. The Morgan fingerprint density at radius 2 is 2.05 bits per heavy atom. The normalized spacial score (nSPS) is 59.0. The van der Waals surface area contributed by atoms with Gasteiger partial charge in [-0.25, -0.2) is 4.79 Å². The van der Waals surface area contributed by atoms with Crippen molar-refractivity contribution < 1.29 is 19.4 Å². The van der Waals surface area contributed by atoms with Crippen molar-refractivity contribution >= 4 is 5.97 Å². The molecule has 0 amide bonds. The molecule has 6 atom stereocenters. The van der Waals surface area contributed by atoms with Crippen molar-refractivity contribution in [3.63, 3.8) is 0 Å². The van der Waals surface area contributed by atoms with E-state index in [0.717, 1.165) is 19.3 Å². The lowest BCUT2D eigenvalue weighted by Crippen LogP contribution is -2.46. The van der Waals surface area contributed by atoms with Crippen LogP contribution in [-0.4, -0.2) is 34.0 Å². The molecule has 0 bridgehead atoms. The van der Waals surface area contributed by atoms with Gasteiger partial charge in [0.1, 0.15) is 11.7 Å². The van der Waals surface area contributed by atoms with Gasteiger partial charge in [0.2, 0.25) is 0 Å². The van der Waals surface area contributed by atoms with Gasteiger partial charge in [-0.1, -0.05) is 6.58 Å². The molecule has 2 aliphatic carbocycles. The molecular formula is C15H20O4. The highest BCUT2D eigenvalue weighted by atomic mass is 16.6. The molecule has 19 heavy (non-hydrogen) atoms. The lowest BCUT2D eigenvalue weighted by Gasteiger charge is -2.33. The van der Waals surface area contributed by atoms with Crippen LogP contribution in [0.1, 0.15) is 39.5 Å². The summed E-state index contributed by atoms with van der Waals surface area (Å²) in [5, 5.41) is 10.7. The minimum Gasteiger partial charge on any atom is -0.458 e. The number of aliphatic hydroxyl groups is 1. The highest BCUT2D eigenvalue weighted by Crippen LogP contribution is 2.69. The van der Waals surface area contributed by atoms with Crippen LogP contribution in [-0.2, 0) is 14.3 Å². The summed E-state index contributed by atoms with van der Waals surface area (Å²) in [6.07, 6.45) is 3.08. The zero-order valence-electron chi connectivity index (χ0n) is 11.4. The van der Waals surface area contributed by atoms with Gasteiger partial charge in [-0.05, 0) is 39.5 Å². The van der Waals surface area contributed by atoms with E-state index in [1.807, 2.05) is 6.92 Å². The SMILES string of the molecule is C=C1C(=O)O[C@@H]2C3C(C)(O)CC[C@@]34O[C@@]4(C)CC[C@@H]12. The molecule has 1 spiro atoms. The Balaban J connectivity index is 1.82. The number of ether oxygens (including phenoxy) is 2. The summed E-state index contributed by atoms with van der Waals surface area (Å²) in [6, 6.07) is 0. The van der Waals surface area contributed by atoms with Crippen LogP contribution in [0.5, 0.6) is 0 Å². The summed E-state index contributed by atoms with van der Waals surface area (Å²) in [5.74, 6) is -0.370. The molecule has 4 heteroatoms. The predicted octanol–water partition coefficient (Wildman–Crippen LogP) is 1.57. The Hall–Kier alpha value is -0.870. The summed E-state index contributed by atoms with van der Waals surface area (Å²) in [6.45, 7) is 7.87. The third kappa shape index (κ3) is 1.20. The molecule has 2 heterocycles. The Morgan fingerprint density at radius 1 is 1.32 bits per heavy atom. The summed E-state index contributed by atoms with van der Waals surface area (Å²) in [7, 11) is 0. The van der Waals surface area contributed by atoms with Gasteiger partial charge < -0.3 is 14.6 Å². The van der Waals surface area contributed by atoms with Crippen LogP contribution >= 0.6 is 0 Å². The molecule has 104 valence electrons. The Morgan fingerprint density at radius 3 is 2.79 bits per heavy atom. The van der Waals surface area contributed by atoms with E-state index >= 15 is 0 Å². The molecule has 4 aliphatic rings. The summed E-state index contributed by atoms with van der Waals surface area (Å²) in [4.78, 5) is 11.8. The van der Waals surface area contributed by atoms with Gasteiger partial charge in [0, 0.05) is 11.5 Å². The maximum absolute atomic E-state index is 11.8. The first-order chi connectivity index (χ1) is 8.81. The van der Waals surface area contributed by atoms with Crippen LogP contribution in [0.25, 0.3) is 0 Å².